The van der Waals surface area contributed by atoms with Crippen molar-refractivity contribution < 1.29 is 9.90 Å². The third-order valence-corrected chi connectivity index (χ3v) is 3.58. The predicted octanol–water partition coefficient (Wildman–Crippen LogP) is 2.23. The molecule has 1 aliphatic carbocycles. The van der Waals surface area contributed by atoms with Crippen LogP contribution in [-0.4, -0.2) is 24.2 Å². The van der Waals surface area contributed by atoms with E-state index < -0.39 is 0 Å². The van der Waals surface area contributed by atoms with Crippen molar-refractivity contribution in [3.8, 4) is 0 Å². The fourth-order valence-electron chi connectivity index (χ4n) is 1.90. The van der Waals surface area contributed by atoms with E-state index in [0.29, 0.717) is 17.1 Å². The van der Waals surface area contributed by atoms with Gasteiger partial charge in [0.25, 0.3) is 5.91 Å². The molecule has 0 spiro atoms. The van der Waals surface area contributed by atoms with E-state index >= 15 is 0 Å². The molecule has 0 aliphatic heterocycles. The lowest BCUT2D eigenvalue weighted by Crippen LogP contribution is -2.30. The molecule has 0 radical (unpaired) electrons. The number of carbonyl (C=O) groups is 1. The molecular formula is C13H16ClNO2. The van der Waals surface area contributed by atoms with E-state index in [4.69, 9.17) is 16.7 Å². The molecule has 1 aromatic carbocycles. The molecule has 0 heterocycles. The molecule has 1 aromatic rings. The van der Waals surface area contributed by atoms with Crippen molar-refractivity contribution in [1.82, 2.24) is 5.32 Å². The summed E-state index contributed by atoms with van der Waals surface area (Å²) >= 11 is 5.76. The molecule has 0 saturated heterocycles. The molecule has 92 valence electrons. The van der Waals surface area contributed by atoms with Gasteiger partial charge in [-0.3, -0.25) is 4.79 Å². The summed E-state index contributed by atoms with van der Waals surface area (Å²) in [5.41, 5.74) is 0.769. The number of carbonyl (C=O) groups excluding carboxylic acids is 1. The van der Waals surface area contributed by atoms with Crippen molar-refractivity contribution in [1.29, 1.82) is 0 Å². The topological polar surface area (TPSA) is 49.3 Å². The van der Waals surface area contributed by atoms with Gasteiger partial charge in [0.05, 0.1) is 0 Å². The molecular weight excluding hydrogens is 238 g/mol. The minimum absolute atomic E-state index is 0.0779. The first kappa shape index (κ1) is 12.4. The van der Waals surface area contributed by atoms with Gasteiger partial charge < -0.3 is 10.4 Å². The monoisotopic (exact) mass is 253 g/mol. The summed E-state index contributed by atoms with van der Waals surface area (Å²) in [5, 5.41) is 12.5. The summed E-state index contributed by atoms with van der Waals surface area (Å²) in [6.07, 6.45) is 2.96. The number of halogens is 1. The summed E-state index contributed by atoms with van der Waals surface area (Å²) in [6, 6.07) is 6.83. The zero-order valence-corrected chi connectivity index (χ0v) is 10.3. The zero-order valence-electron chi connectivity index (χ0n) is 9.58. The molecule has 0 aromatic heterocycles. The molecule has 1 amide bonds. The van der Waals surface area contributed by atoms with Crippen LogP contribution in [0.3, 0.4) is 0 Å². The van der Waals surface area contributed by atoms with E-state index in [9.17, 15) is 4.79 Å². The van der Waals surface area contributed by atoms with Crippen LogP contribution in [0.1, 0.15) is 29.6 Å². The van der Waals surface area contributed by atoms with Crippen LogP contribution < -0.4 is 5.32 Å². The van der Waals surface area contributed by atoms with E-state index in [1.807, 2.05) is 0 Å². The van der Waals surface area contributed by atoms with E-state index in [0.717, 1.165) is 19.3 Å². The quantitative estimate of drug-likeness (QED) is 0.846. The molecule has 0 bridgehead atoms. The normalized spacial score (nSPS) is 16.6. The van der Waals surface area contributed by atoms with Crippen molar-refractivity contribution in [2.45, 2.75) is 19.3 Å². The van der Waals surface area contributed by atoms with Gasteiger partial charge in [0.2, 0.25) is 0 Å². The summed E-state index contributed by atoms with van der Waals surface area (Å²) in [4.78, 5) is 11.8. The van der Waals surface area contributed by atoms with E-state index in [1.165, 1.54) is 0 Å². The molecule has 1 saturated carbocycles. The average molecular weight is 254 g/mol. The largest absolute Gasteiger partial charge is 0.396 e. The number of hydrogen-bond acceptors (Lipinski definition) is 2. The van der Waals surface area contributed by atoms with Crippen LogP contribution in [0.15, 0.2) is 24.3 Å². The summed E-state index contributed by atoms with van der Waals surface area (Å²) in [6.45, 7) is 0.839. The fourth-order valence-corrected chi connectivity index (χ4v) is 2.03. The second kappa shape index (κ2) is 5.07. The van der Waals surface area contributed by atoms with Crippen molar-refractivity contribution in [2.24, 2.45) is 5.41 Å². The molecule has 0 unspecified atom stereocenters. The molecule has 1 fully saturated rings. The third kappa shape index (κ3) is 3.20. The summed E-state index contributed by atoms with van der Waals surface area (Å²) in [5.74, 6) is -0.0779. The van der Waals surface area contributed by atoms with Gasteiger partial charge in [-0.15, -0.1) is 0 Å². The molecule has 3 nitrogen and oxygen atoms in total. The predicted molar refractivity (Wildman–Crippen MR) is 67.2 cm³/mol. The van der Waals surface area contributed by atoms with Crippen LogP contribution in [0.25, 0.3) is 0 Å². The number of nitrogens with one attached hydrogen (secondary N) is 1. The second-order valence-electron chi connectivity index (χ2n) is 4.66. The second-order valence-corrected chi connectivity index (χ2v) is 5.10. The molecule has 1 aliphatic rings. The Balaban J connectivity index is 1.87. The van der Waals surface area contributed by atoms with Gasteiger partial charge in [-0.2, -0.15) is 0 Å². The maximum absolute atomic E-state index is 11.8. The molecule has 2 rings (SSSR count). The van der Waals surface area contributed by atoms with Crippen molar-refractivity contribution >= 4 is 17.5 Å². The first-order valence-corrected chi connectivity index (χ1v) is 6.18. The Morgan fingerprint density at radius 3 is 2.53 bits per heavy atom. The van der Waals surface area contributed by atoms with Gasteiger partial charge >= 0.3 is 0 Å². The van der Waals surface area contributed by atoms with Gasteiger partial charge in [-0.05, 0) is 48.9 Å². The smallest absolute Gasteiger partial charge is 0.251 e. The Morgan fingerprint density at radius 1 is 1.35 bits per heavy atom. The van der Waals surface area contributed by atoms with Crippen molar-refractivity contribution in [2.75, 3.05) is 13.2 Å². The molecule has 4 heteroatoms. The first-order valence-electron chi connectivity index (χ1n) is 5.80. The Hall–Kier alpha value is -1.06. The van der Waals surface area contributed by atoms with Gasteiger partial charge in [-0.25, -0.2) is 0 Å². The highest BCUT2D eigenvalue weighted by Crippen LogP contribution is 2.47. The van der Waals surface area contributed by atoms with Gasteiger partial charge in [0.1, 0.15) is 0 Å². The number of aliphatic hydroxyl groups excluding tert-OH is 1. The number of aliphatic hydroxyl groups is 1. The van der Waals surface area contributed by atoms with Gasteiger partial charge in [0, 0.05) is 23.7 Å². The van der Waals surface area contributed by atoms with E-state index in [-0.39, 0.29) is 17.9 Å². The lowest BCUT2D eigenvalue weighted by atomic mass is 10.0. The zero-order chi connectivity index (χ0) is 12.3. The molecule has 2 N–H and O–H groups in total. The number of amides is 1. The Morgan fingerprint density at radius 2 is 2.00 bits per heavy atom. The highest BCUT2D eigenvalue weighted by Gasteiger charge is 2.41. The van der Waals surface area contributed by atoms with Crippen molar-refractivity contribution in [3.05, 3.63) is 34.9 Å². The van der Waals surface area contributed by atoms with Crippen LogP contribution in [0.2, 0.25) is 5.02 Å². The molecule has 0 atom stereocenters. The molecule has 17 heavy (non-hydrogen) atoms. The number of hydrogen-bond donors (Lipinski definition) is 2. The van der Waals surface area contributed by atoms with Crippen LogP contribution in [0, 0.1) is 5.41 Å². The summed E-state index contributed by atoms with van der Waals surface area (Å²) < 4.78 is 0. The van der Waals surface area contributed by atoms with Crippen molar-refractivity contribution in [3.63, 3.8) is 0 Å². The van der Waals surface area contributed by atoms with E-state index in [1.54, 1.807) is 24.3 Å². The SMILES string of the molecule is O=C(NCC1(CCO)CC1)c1ccc(Cl)cc1. The van der Waals surface area contributed by atoms with Crippen LogP contribution in [0.4, 0.5) is 0 Å². The maximum atomic E-state index is 11.8. The van der Waals surface area contributed by atoms with Crippen LogP contribution in [0.5, 0.6) is 0 Å². The summed E-state index contributed by atoms with van der Waals surface area (Å²) in [7, 11) is 0. The Kier molecular flexibility index (Phi) is 3.69. The standard InChI is InChI=1S/C13H16ClNO2/c14-11-3-1-10(2-4-11)12(17)15-9-13(5-6-13)7-8-16/h1-4,16H,5-9H2,(H,15,17). The lowest BCUT2D eigenvalue weighted by molar-refractivity contribution is 0.0941. The lowest BCUT2D eigenvalue weighted by Gasteiger charge is -2.14. The third-order valence-electron chi connectivity index (χ3n) is 3.33. The average Bonchev–Trinajstić information content (AvgIpc) is 3.08. The highest BCUT2D eigenvalue weighted by molar-refractivity contribution is 6.30. The van der Waals surface area contributed by atoms with Crippen LogP contribution >= 0.6 is 11.6 Å². The minimum Gasteiger partial charge on any atom is -0.396 e. The number of benzene rings is 1. The van der Waals surface area contributed by atoms with E-state index in [2.05, 4.69) is 5.32 Å². The highest BCUT2D eigenvalue weighted by atomic mass is 35.5. The first-order chi connectivity index (χ1) is 8.15. The fraction of sp³-hybridized carbons (Fsp3) is 0.462. The Labute approximate surface area is 106 Å². The van der Waals surface area contributed by atoms with Crippen LogP contribution in [-0.2, 0) is 0 Å². The van der Waals surface area contributed by atoms with Gasteiger partial charge in [-0.1, -0.05) is 11.6 Å². The maximum Gasteiger partial charge on any atom is 0.251 e. The van der Waals surface area contributed by atoms with Gasteiger partial charge in [0.15, 0.2) is 0 Å². The Bertz CT molecular complexity index is 398. The minimum atomic E-state index is -0.0779. The number of rotatable bonds is 5.